The number of carboxylic acids is 1. The minimum atomic E-state index is -0.967. The van der Waals surface area contributed by atoms with E-state index in [-0.39, 0.29) is 12.3 Å². The van der Waals surface area contributed by atoms with Crippen LogP contribution in [0.2, 0.25) is 0 Å². The van der Waals surface area contributed by atoms with E-state index >= 15 is 0 Å². The highest BCUT2D eigenvalue weighted by molar-refractivity contribution is 5.84. The van der Waals surface area contributed by atoms with E-state index in [0.717, 1.165) is 11.1 Å². The molecule has 7 nitrogen and oxygen atoms in total. The zero-order chi connectivity index (χ0) is 17.1. The lowest BCUT2D eigenvalue weighted by atomic mass is 9.93. The molecule has 1 amide bonds. The first-order valence-corrected chi connectivity index (χ1v) is 7.93. The number of benzene rings is 1. The molecule has 2 heterocycles. The maximum Gasteiger partial charge on any atom is 0.326 e. The van der Waals surface area contributed by atoms with Crippen molar-refractivity contribution in [2.45, 2.75) is 45.2 Å². The number of aryl methyl sites for hydroxylation is 2. The number of rotatable bonds is 5. The van der Waals surface area contributed by atoms with Gasteiger partial charge in [-0.05, 0) is 24.5 Å². The number of fused-ring (bicyclic) bond motifs is 1. The Morgan fingerprint density at radius 3 is 2.75 bits per heavy atom. The van der Waals surface area contributed by atoms with Gasteiger partial charge in [-0.15, -0.1) is 0 Å². The lowest BCUT2D eigenvalue weighted by Crippen LogP contribution is -2.48. The molecule has 1 aromatic heterocycles. The van der Waals surface area contributed by atoms with Crippen molar-refractivity contribution in [2.75, 3.05) is 0 Å². The van der Waals surface area contributed by atoms with Gasteiger partial charge >= 0.3 is 5.97 Å². The van der Waals surface area contributed by atoms with Gasteiger partial charge in [0.1, 0.15) is 6.04 Å². The molecule has 3 rings (SSSR count). The second-order valence-electron chi connectivity index (χ2n) is 5.94. The summed E-state index contributed by atoms with van der Waals surface area (Å²) in [7, 11) is 0. The van der Waals surface area contributed by atoms with E-state index in [4.69, 9.17) is 4.52 Å². The summed E-state index contributed by atoms with van der Waals surface area (Å²) in [6, 6.07) is 6.85. The molecule has 0 aliphatic carbocycles. The molecule has 24 heavy (non-hydrogen) atoms. The smallest absolute Gasteiger partial charge is 0.326 e. The van der Waals surface area contributed by atoms with Gasteiger partial charge in [0.25, 0.3) is 0 Å². The third kappa shape index (κ3) is 3.45. The van der Waals surface area contributed by atoms with Crippen LogP contribution in [0.1, 0.15) is 35.7 Å². The fourth-order valence-corrected chi connectivity index (χ4v) is 2.98. The molecule has 1 aromatic carbocycles. The zero-order valence-electron chi connectivity index (χ0n) is 13.4. The van der Waals surface area contributed by atoms with Crippen LogP contribution in [0.3, 0.4) is 0 Å². The first kappa shape index (κ1) is 16.2. The summed E-state index contributed by atoms with van der Waals surface area (Å²) in [4.78, 5) is 29.6. The van der Waals surface area contributed by atoms with E-state index in [1.54, 1.807) is 6.92 Å². The summed E-state index contributed by atoms with van der Waals surface area (Å²) in [5.41, 5.74) is 2.01. The van der Waals surface area contributed by atoms with Crippen LogP contribution >= 0.6 is 0 Å². The Kier molecular flexibility index (Phi) is 4.59. The van der Waals surface area contributed by atoms with Gasteiger partial charge in [0, 0.05) is 25.8 Å². The molecule has 0 unspecified atom stereocenters. The van der Waals surface area contributed by atoms with Crippen LogP contribution < -0.4 is 0 Å². The molecule has 7 heteroatoms. The molecule has 1 aliphatic heterocycles. The lowest BCUT2D eigenvalue weighted by Gasteiger charge is -2.34. The molecule has 0 saturated heterocycles. The maximum atomic E-state index is 12.5. The topological polar surface area (TPSA) is 96.5 Å². The van der Waals surface area contributed by atoms with E-state index in [2.05, 4.69) is 10.1 Å². The van der Waals surface area contributed by atoms with Crippen molar-refractivity contribution in [2.24, 2.45) is 0 Å². The normalized spacial score (nSPS) is 16.7. The predicted octanol–water partition coefficient (Wildman–Crippen LogP) is 1.74. The number of aliphatic carboxylic acids is 1. The fourth-order valence-electron chi connectivity index (χ4n) is 2.98. The van der Waals surface area contributed by atoms with Gasteiger partial charge in [0.2, 0.25) is 11.8 Å². The van der Waals surface area contributed by atoms with Gasteiger partial charge in [0.05, 0.1) is 0 Å². The SMILES string of the molecule is Cc1noc(CCCC(=O)N2Cc3ccccc3C[C@H]2C(=O)O)n1. The van der Waals surface area contributed by atoms with Crippen molar-refractivity contribution in [3.8, 4) is 0 Å². The Morgan fingerprint density at radius 2 is 2.08 bits per heavy atom. The van der Waals surface area contributed by atoms with Crippen LogP contribution in [0.25, 0.3) is 0 Å². The van der Waals surface area contributed by atoms with Crippen LogP contribution in [-0.2, 0) is 29.0 Å². The molecule has 0 bridgehead atoms. The highest BCUT2D eigenvalue weighted by Gasteiger charge is 2.34. The molecule has 1 aliphatic rings. The number of carbonyl (C=O) groups excluding carboxylic acids is 1. The summed E-state index contributed by atoms with van der Waals surface area (Å²) in [5.74, 6) is -0.0625. The Bertz CT molecular complexity index is 756. The Balaban J connectivity index is 1.64. The Hall–Kier alpha value is -2.70. The average Bonchev–Trinajstić information content (AvgIpc) is 2.98. The van der Waals surface area contributed by atoms with Crippen LogP contribution in [0.5, 0.6) is 0 Å². The number of hydrogen-bond acceptors (Lipinski definition) is 5. The molecule has 0 radical (unpaired) electrons. The van der Waals surface area contributed by atoms with E-state index in [0.29, 0.717) is 37.5 Å². The number of carbonyl (C=O) groups is 2. The van der Waals surface area contributed by atoms with Gasteiger partial charge in [-0.25, -0.2) is 4.79 Å². The van der Waals surface area contributed by atoms with Crippen molar-refractivity contribution in [3.05, 3.63) is 47.1 Å². The summed E-state index contributed by atoms with van der Waals surface area (Å²) < 4.78 is 5.02. The monoisotopic (exact) mass is 329 g/mol. The Morgan fingerprint density at radius 1 is 1.33 bits per heavy atom. The third-order valence-electron chi connectivity index (χ3n) is 4.20. The first-order chi connectivity index (χ1) is 11.5. The minimum Gasteiger partial charge on any atom is -0.480 e. The number of carboxylic acid groups (broad SMARTS) is 1. The third-order valence-corrected chi connectivity index (χ3v) is 4.20. The van der Waals surface area contributed by atoms with Gasteiger partial charge in [-0.2, -0.15) is 4.98 Å². The molecule has 0 saturated carbocycles. The van der Waals surface area contributed by atoms with Gasteiger partial charge in [-0.1, -0.05) is 29.4 Å². The molecular weight excluding hydrogens is 310 g/mol. The standard InChI is InChI=1S/C17H19N3O4/c1-11-18-15(24-19-11)7-4-8-16(21)20-10-13-6-3-2-5-12(13)9-14(20)17(22)23/h2-3,5-6,14H,4,7-10H2,1H3,(H,22,23)/t14-/m0/s1. The summed E-state index contributed by atoms with van der Waals surface area (Å²) in [5, 5.41) is 13.2. The molecule has 0 fully saturated rings. The number of aromatic nitrogens is 2. The minimum absolute atomic E-state index is 0.159. The van der Waals surface area contributed by atoms with E-state index < -0.39 is 12.0 Å². The quantitative estimate of drug-likeness (QED) is 0.897. The second-order valence-corrected chi connectivity index (χ2v) is 5.94. The fraction of sp³-hybridized carbons (Fsp3) is 0.412. The average molecular weight is 329 g/mol. The van der Waals surface area contributed by atoms with Crippen LogP contribution in [0, 0.1) is 6.92 Å². The highest BCUT2D eigenvalue weighted by atomic mass is 16.5. The molecule has 1 atom stereocenters. The van der Waals surface area contributed by atoms with E-state index in [1.165, 1.54) is 4.90 Å². The van der Waals surface area contributed by atoms with Crippen LogP contribution in [0.15, 0.2) is 28.8 Å². The van der Waals surface area contributed by atoms with Crippen molar-refractivity contribution < 1.29 is 19.2 Å². The molecule has 2 aromatic rings. The van der Waals surface area contributed by atoms with E-state index in [1.807, 2.05) is 24.3 Å². The van der Waals surface area contributed by atoms with Crippen molar-refractivity contribution in [1.29, 1.82) is 0 Å². The van der Waals surface area contributed by atoms with Gasteiger partial charge in [-0.3, -0.25) is 4.79 Å². The molecular formula is C17H19N3O4. The number of hydrogen-bond donors (Lipinski definition) is 1. The lowest BCUT2D eigenvalue weighted by molar-refractivity contribution is -0.151. The largest absolute Gasteiger partial charge is 0.480 e. The first-order valence-electron chi connectivity index (χ1n) is 7.93. The summed E-state index contributed by atoms with van der Waals surface area (Å²) >= 11 is 0. The second kappa shape index (κ2) is 6.82. The van der Waals surface area contributed by atoms with Gasteiger partial charge < -0.3 is 14.5 Å². The van der Waals surface area contributed by atoms with Crippen molar-refractivity contribution in [3.63, 3.8) is 0 Å². The van der Waals surface area contributed by atoms with Crippen molar-refractivity contribution in [1.82, 2.24) is 15.0 Å². The van der Waals surface area contributed by atoms with E-state index in [9.17, 15) is 14.7 Å². The van der Waals surface area contributed by atoms with Crippen molar-refractivity contribution >= 4 is 11.9 Å². The zero-order valence-corrected chi connectivity index (χ0v) is 13.4. The summed E-state index contributed by atoms with van der Waals surface area (Å²) in [6.07, 6.45) is 1.66. The molecule has 126 valence electrons. The van der Waals surface area contributed by atoms with Gasteiger partial charge in [0.15, 0.2) is 5.82 Å². The predicted molar refractivity (Wildman–Crippen MR) is 84.1 cm³/mol. The number of amides is 1. The van der Waals surface area contributed by atoms with Crippen LogP contribution in [0.4, 0.5) is 0 Å². The molecule has 1 N–H and O–H groups in total. The Labute approximate surface area is 139 Å². The molecule has 0 spiro atoms. The highest BCUT2D eigenvalue weighted by Crippen LogP contribution is 2.24. The summed E-state index contributed by atoms with van der Waals surface area (Å²) in [6.45, 7) is 2.08. The van der Waals surface area contributed by atoms with Crippen LogP contribution in [-0.4, -0.2) is 38.1 Å². The maximum absolute atomic E-state index is 12.5. The number of nitrogens with zero attached hydrogens (tertiary/aromatic N) is 3.